The van der Waals surface area contributed by atoms with Crippen molar-refractivity contribution in [2.24, 2.45) is 11.8 Å². The van der Waals surface area contributed by atoms with E-state index < -0.39 is 0 Å². The molecular weight excluding hydrogens is 320 g/mol. The maximum absolute atomic E-state index is 6.28. The molecule has 0 N–H and O–H groups in total. The molecule has 0 atom stereocenters. The molecule has 0 aliphatic heterocycles. The van der Waals surface area contributed by atoms with Crippen molar-refractivity contribution in [2.75, 3.05) is 6.61 Å². The highest BCUT2D eigenvalue weighted by Gasteiger charge is 2.27. The molecule has 26 heavy (non-hydrogen) atoms. The highest BCUT2D eigenvalue weighted by molar-refractivity contribution is 4.95. The molecule has 0 radical (unpaired) electrons. The molecule has 0 heterocycles. The number of hydrogen-bond acceptors (Lipinski definition) is 2. The highest BCUT2D eigenvalue weighted by atomic mass is 16.5. The molecule has 0 unspecified atom stereocenters. The van der Waals surface area contributed by atoms with E-state index in [2.05, 4.69) is 34.3 Å². The van der Waals surface area contributed by atoms with Crippen LogP contribution in [0.25, 0.3) is 0 Å². The number of allylic oxidation sites excluding steroid dienone is 1. The van der Waals surface area contributed by atoms with Crippen LogP contribution in [0.3, 0.4) is 0 Å². The SMILES string of the molecule is C=C(OC(C)(C)CCCOC(C)(C)CC1CCCCC1)C1CCCCC1. The van der Waals surface area contributed by atoms with E-state index in [1.807, 2.05) is 0 Å². The van der Waals surface area contributed by atoms with Crippen molar-refractivity contribution < 1.29 is 9.47 Å². The second kappa shape index (κ2) is 10.2. The Hall–Kier alpha value is -0.500. The van der Waals surface area contributed by atoms with E-state index in [9.17, 15) is 0 Å². The van der Waals surface area contributed by atoms with Crippen LogP contribution in [0.1, 0.15) is 111 Å². The molecule has 2 rings (SSSR count). The normalized spacial score (nSPS) is 20.9. The summed E-state index contributed by atoms with van der Waals surface area (Å²) < 4.78 is 12.6. The van der Waals surface area contributed by atoms with Crippen LogP contribution < -0.4 is 0 Å². The van der Waals surface area contributed by atoms with Gasteiger partial charge < -0.3 is 9.47 Å². The Morgan fingerprint density at radius 3 is 2.04 bits per heavy atom. The minimum atomic E-state index is -0.134. The third-order valence-electron chi connectivity index (χ3n) is 6.39. The fraction of sp³-hybridized carbons (Fsp3) is 0.917. The Morgan fingerprint density at radius 1 is 0.846 bits per heavy atom. The third kappa shape index (κ3) is 8.03. The van der Waals surface area contributed by atoms with Gasteiger partial charge in [-0.15, -0.1) is 0 Å². The standard InChI is InChI=1S/C24H44O2/c1-20(22-15-10-7-11-16-22)26-23(2,3)17-12-18-25-24(4,5)19-21-13-8-6-9-14-21/h21-22H,1,6-19H2,2-5H3. The molecule has 2 saturated carbocycles. The van der Waals surface area contributed by atoms with E-state index in [0.717, 1.165) is 31.1 Å². The van der Waals surface area contributed by atoms with E-state index in [1.54, 1.807) is 0 Å². The van der Waals surface area contributed by atoms with Crippen LogP contribution >= 0.6 is 0 Å². The Kier molecular flexibility index (Phi) is 8.51. The summed E-state index contributed by atoms with van der Waals surface area (Å²) in [6.07, 6.45) is 16.9. The lowest BCUT2D eigenvalue weighted by Gasteiger charge is -2.34. The molecule has 2 heteroatoms. The summed E-state index contributed by atoms with van der Waals surface area (Å²) in [5.41, 5.74) is -0.121. The average molecular weight is 365 g/mol. The Morgan fingerprint density at radius 2 is 1.42 bits per heavy atom. The summed E-state index contributed by atoms with van der Waals surface area (Å²) >= 11 is 0. The minimum absolute atomic E-state index is 0.0126. The molecule has 2 aliphatic carbocycles. The summed E-state index contributed by atoms with van der Waals surface area (Å²) in [5.74, 6) is 2.47. The zero-order valence-corrected chi connectivity index (χ0v) is 18.1. The van der Waals surface area contributed by atoms with E-state index in [-0.39, 0.29) is 11.2 Å². The van der Waals surface area contributed by atoms with Crippen molar-refractivity contribution in [2.45, 2.75) is 122 Å². The molecule has 0 aromatic heterocycles. The average Bonchev–Trinajstić information content (AvgIpc) is 2.60. The lowest BCUT2D eigenvalue weighted by atomic mass is 9.82. The van der Waals surface area contributed by atoms with Crippen LogP contribution in [0.15, 0.2) is 12.3 Å². The largest absolute Gasteiger partial charge is 0.493 e. The van der Waals surface area contributed by atoms with E-state index in [0.29, 0.717) is 5.92 Å². The molecule has 2 nitrogen and oxygen atoms in total. The van der Waals surface area contributed by atoms with Gasteiger partial charge in [-0.2, -0.15) is 0 Å². The van der Waals surface area contributed by atoms with Gasteiger partial charge in [0.05, 0.1) is 11.4 Å². The van der Waals surface area contributed by atoms with Crippen LogP contribution in [0, 0.1) is 11.8 Å². The third-order valence-corrected chi connectivity index (χ3v) is 6.39. The van der Waals surface area contributed by atoms with Crippen molar-refractivity contribution in [3.05, 3.63) is 12.3 Å². The molecule has 152 valence electrons. The molecule has 0 aromatic rings. The molecular formula is C24H44O2. The second-order valence-corrected chi connectivity index (χ2v) is 10.1. The number of rotatable bonds is 10. The predicted octanol–water partition coefficient (Wildman–Crippen LogP) is 7.42. The van der Waals surface area contributed by atoms with Gasteiger partial charge in [-0.05, 0) is 65.7 Å². The zero-order valence-electron chi connectivity index (χ0n) is 18.1. The Labute approximate surface area is 163 Å². The molecule has 0 aromatic carbocycles. The summed E-state index contributed by atoms with van der Waals surface area (Å²) in [7, 11) is 0. The first-order chi connectivity index (χ1) is 12.3. The highest BCUT2D eigenvalue weighted by Crippen LogP contribution is 2.34. The lowest BCUT2D eigenvalue weighted by molar-refractivity contribution is -0.0497. The lowest BCUT2D eigenvalue weighted by Crippen LogP contribution is -2.30. The van der Waals surface area contributed by atoms with Crippen molar-refractivity contribution in [3.63, 3.8) is 0 Å². The number of ether oxygens (including phenoxy) is 2. The van der Waals surface area contributed by atoms with Gasteiger partial charge in [-0.25, -0.2) is 0 Å². The molecule has 2 aliphatic rings. The van der Waals surface area contributed by atoms with Crippen molar-refractivity contribution in [1.29, 1.82) is 0 Å². The fourth-order valence-corrected chi connectivity index (χ4v) is 4.91. The van der Waals surface area contributed by atoms with Gasteiger partial charge in [0.2, 0.25) is 0 Å². The second-order valence-electron chi connectivity index (χ2n) is 10.1. The first kappa shape index (κ1) is 21.8. The van der Waals surface area contributed by atoms with Crippen LogP contribution in [-0.2, 0) is 9.47 Å². The van der Waals surface area contributed by atoms with Gasteiger partial charge in [0.15, 0.2) is 0 Å². The maximum Gasteiger partial charge on any atom is 0.103 e. The summed E-state index contributed by atoms with van der Waals surface area (Å²) in [5, 5.41) is 0. The summed E-state index contributed by atoms with van der Waals surface area (Å²) in [6, 6.07) is 0. The summed E-state index contributed by atoms with van der Waals surface area (Å²) in [4.78, 5) is 0. The van der Waals surface area contributed by atoms with Crippen LogP contribution in [0.2, 0.25) is 0 Å². The molecule has 0 bridgehead atoms. The summed E-state index contributed by atoms with van der Waals surface area (Å²) in [6.45, 7) is 14.0. The van der Waals surface area contributed by atoms with Crippen molar-refractivity contribution >= 4 is 0 Å². The monoisotopic (exact) mass is 364 g/mol. The van der Waals surface area contributed by atoms with Crippen LogP contribution in [0.5, 0.6) is 0 Å². The Balaban J connectivity index is 1.64. The maximum atomic E-state index is 6.28. The van der Waals surface area contributed by atoms with Gasteiger partial charge >= 0.3 is 0 Å². The smallest absolute Gasteiger partial charge is 0.103 e. The van der Waals surface area contributed by atoms with Gasteiger partial charge in [0.25, 0.3) is 0 Å². The fourth-order valence-electron chi connectivity index (χ4n) is 4.91. The van der Waals surface area contributed by atoms with Gasteiger partial charge in [0.1, 0.15) is 5.60 Å². The van der Waals surface area contributed by atoms with E-state index in [1.165, 1.54) is 70.6 Å². The van der Waals surface area contributed by atoms with Crippen LogP contribution in [-0.4, -0.2) is 17.8 Å². The van der Waals surface area contributed by atoms with Gasteiger partial charge in [-0.3, -0.25) is 0 Å². The van der Waals surface area contributed by atoms with Crippen molar-refractivity contribution in [1.82, 2.24) is 0 Å². The predicted molar refractivity (Wildman–Crippen MR) is 111 cm³/mol. The first-order valence-corrected chi connectivity index (χ1v) is 11.3. The molecule has 0 amide bonds. The van der Waals surface area contributed by atoms with Gasteiger partial charge in [-0.1, -0.05) is 57.9 Å². The zero-order chi connectivity index (χ0) is 19.0. The topological polar surface area (TPSA) is 18.5 Å². The minimum Gasteiger partial charge on any atom is -0.493 e. The van der Waals surface area contributed by atoms with Crippen molar-refractivity contribution in [3.8, 4) is 0 Å². The van der Waals surface area contributed by atoms with E-state index in [4.69, 9.17) is 9.47 Å². The quantitative estimate of drug-likeness (QED) is 0.296. The Bertz CT molecular complexity index is 412. The molecule has 0 saturated heterocycles. The van der Waals surface area contributed by atoms with Crippen LogP contribution in [0.4, 0.5) is 0 Å². The first-order valence-electron chi connectivity index (χ1n) is 11.3. The number of hydrogen-bond donors (Lipinski definition) is 0. The molecule has 0 spiro atoms. The van der Waals surface area contributed by atoms with Gasteiger partial charge in [0, 0.05) is 12.5 Å². The molecule has 2 fully saturated rings. The van der Waals surface area contributed by atoms with E-state index >= 15 is 0 Å².